The largest absolute Gasteiger partial charge is 0.480 e. The molecule has 0 aromatic rings. The van der Waals surface area contributed by atoms with E-state index in [2.05, 4.69) is 12.2 Å². The summed E-state index contributed by atoms with van der Waals surface area (Å²) in [5, 5.41) is 11.7. The van der Waals surface area contributed by atoms with Gasteiger partial charge in [0.25, 0.3) is 0 Å². The Morgan fingerprint density at radius 2 is 2.11 bits per heavy atom. The summed E-state index contributed by atoms with van der Waals surface area (Å²) < 4.78 is 0. The van der Waals surface area contributed by atoms with Crippen LogP contribution < -0.4 is 5.32 Å². The minimum absolute atomic E-state index is 0.236. The van der Waals surface area contributed by atoms with Crippen LogP contribution in [-0.4, -0.2) is 41.1 Å². The molecule has 19 heavy (non-hydrogen) atoms. The Morgan fingerprint density at radius 3 is 2.63 bits per heavy atom. The predicted octanol–water partition coefficient (Wildman–Crippen LogP) is 2.46. The molecule has 3 unspecified atom stereocenters. The zero-order chi connectivity index (χ0) is 14.4. The zero-order valence-corrected chi connectivity index (χ0v) is 12.2. The highest BCUT2D eigenvalue weighted by atomic mass is 16.4. The smallest absolute Gasteiger partial charge is 0.326 e. The SMILES string of the molecule is CCCC(NC(=O)N(C)C1CCCC(C)C1)C(=O)O. The first-order valence-corrected chi connectivity index (χ1v) is 7.21. The second-order valence-corrected chi connectivity index (χ2v) is 5.67. The summed E-state index contributed by atoms with van der Waals surface area (Å²) in [7, 11) is 1.77. The zero-order valence-electron chi connectivity index (χ0n) is 12.2. The molecular weight excluding hydrogens is 244 g/mol. The van der Waals surface area contributed by atoms with Crippen molar-refractivity contribution < 1.29 is 14.7 Å². The first kappa shape index (κ1) is 15.8. The van der Waals surface area contributed by atoms with Crippen LogP contribution in [-0.2, 0) is 4.79 Å². The molecule has 0 aliphatic heterocycles. The molecule has 0 saturated heterocycles. The van der Waals surface area contributed by atoms with Crippen molar-refractivity contribution in [2.24, 2.45) is 5.92 Å². The number of carbonyl (C=O) groups is 2. The topological polar surface area (TPSA) is 69.6 Å². The van der Waals surface area contributed by atoms with E-state index in [-0.39, 0.29) is 12.1 Å². The van der Waals surface area contributed by atoms with Crippen molar-refractivity contribution >= 4 is 12.0 Å². The lowest BCUT2D eigenvalue weighted by Crippen LogP contribution is -2.50. The van der Waals surface area contributed by atoms with Gasteiger partial charge in [-0.3, -0.25) is 0 Å². The standard InChI is InChI=1S/C14H26N2O3/c1-4-6-12(13(17)18)15-14(19)16(3)11-8-5-7-10(2)9-11/h10-12H,4-9H2,1-3H3,(H,15,19)(H,17,18). The highest BCUT2D eigenvalue weighted by molar-refractivity contribution is 5.82. The van der Waals surface area contributed by atoms with Gasteiger partial charge in [-0.15, -0.1) is 0 Å². The van der Waals surface area contributed by atoms with Gasteiger partial charge in [0.05, 0.1) is 0 Å². The molecule has 0 heterocycles. The van der Waals surface area contributed by atoms with Gasteiger partial charge in [0.1, 0.15) is 6.04 Å². The summed E-state index contributed by atoms with van der Waals surface area (Å²) in [6.07, 6.45) is 5.59. The lowest BCUT2D eigenvalue weighted by molar-refractivity contribution is -0.139. The van der Waals surface area contributed by atoms with Gasteiger partial charge in [-0.05, 0) is 25.2 Å². The molecule has 1 rings (SSSR count). The van der Waals surface area contributed by atoms with Crippen LogP contribution in [0, 0.1) is 5.92 Å². The molecule has 3 atom stereocenters. The molecule has 0 aromatic heterocycles. The maximum absolute atomic E-state index is 12.1. The Hall–Kier alpha value is -1.26. The van der Waals surface area contributed by atoms with Crippen LogP contribution >= 0.6 is 0 Å². The third kappa shape index (κ3) is 4.73. The number of carboxylic acid groups (broad SMARTS) is 1. The molecule has 2 amide bonds. The fourth-order valence-corrected chi connectivity index (χ4v) is 2.72. The number of carbonyl (C=O) groups excluding carboxylic acids is 1. The number of urea groups is 1. The van der Waals surface area contributed by atoms with Crippen molar-refractivity contribution in [2.45, 2.75) is 64.5 Å². The minimum Gasteiger partial charge on any atom is -0.480 e. The van der Waals surface area contributed by atoms with Crippen molar-refractivity contribution in [1.29, 1.82) is 0 Å². The number of rotatable bonds is 5. The van der Waals surface area contributed by atoms with Crippen molar-refractivity contribution in [3.8, 4) is 0 Å². The third-order valence-electron chi connectivity index (χ3n) is 3.95. The van der Waals surface area contributed by atoms with Gasteiger partial charge < -0.3 is 15.3 Å². The molecule has 0 radical (unpaired) electrons. The van der Waals surface area contributed by atoms with E-state index in [1.165, 1.54) is 6.42 Å². The molecule has 1 fully saturated rings. The second kappa shape index (κ2) is 7.36. The molecule has 0 bridgehead atoms. The van der Waals surface area contributed by atoms with Gasteiger partial charge in [-0.1, -0.05) is 33.1 Å². The van der Waals surface area contributed by atoms with E-state index in [1.54, 1.807) is 11.9 Å². The van der Waals surface area contributed by atoms with Gasteiger partial charge in [0, 0.05) is 13.1 Å². The summed E-state index contributed by atoms with van der Waals surface area (Å²) in [5.41, 5.74) is 0. The van der Waals surface area contributed by atoms with E-state index >= 15 is 0 Å². The summed E-state index contributed by atoms with van der Waals surface area (Å²) in [6.45, 7) is 4.11. The monoisotopic (exact) mass is 270 g/mol. The van der Waals surface area contributed by atoms with Crippen molar-refractivity contribution in [2.75, 3.05) is 7.05 Å². The van der Waals surface area contributed by atoms with Gasteiger partial charge >= 0.3 is 12.0 Å². The maximum Gasteiger partial charge on any atom is 0.326 e. The van der Waals surface area contributed by atoms with Gasteiger partial charge in [0.2, 0.25) is 0 Å². The lowest BCUT2D eigenvalue weighted by Gasteiger charge is -2.34. The number of nitrogens with one attached hydrogen (secondary N) is 1. The highest BCUT2D eigenvalue weighted by Crippen LogP contribution is 2.26. The summed E-state index contributed by atoms with van der Waals surface area (Å²) in [6, 6.07) is -0.805. The minimum atomic E-state index is -0.958. The molecule has 1 aliphatic carbocycles. The van der Waals surface area contributed by atoms with E-state index in [4.69, 9.17) is 5.11 Å². The Morgan fingerprint density at radius 1 is 1.42 bits per heavy atom. The van der Waals surface area contributed by atoms with Crippen molar-refractivity contribution in [3.63, 3.8) is 0 Å². The number of amides is 2. The van der Waals surface area contributed by atoms with E-state index in [0.717, 1.165) is 25.7 Å². The molecule has 110 valence electrons. The highest BCUT2D eigenvalue weighted by Gasteiger charge is 2.27. The molecular formula is C14H26N2O3. The normalized spacial score (nSPS) is 24.6. The number of nitrogens with zero attached hydrogens (tertiary/aromatic N) is 1. The molecule has 1 aliphatic rings. The fraction of sp³-hybridized carbons (Fsp3) is 0.857. The third-order valence-corrected chi connectivity index (χ3v) is 3.95. The molecule has 5 nitrogen and oxygen atoms in total. The van der Waals surface area contributed by atoms with Crippen LogP contribution in [0.3, 0.4) is 0 Å². The molecule has 0 spiro atoms. The van der Waals surface area contributed by atoms with E-state index < -0.39 is 12.0 Å². The summed E-state index contributed by atoms with van der Waals surface area (Å²) in [4.78, 5) is 24.8. The van der Waals surface area contributed by atoms with Crippen LogP contribution in [0.5, 0.6) is 0 Å². The summed E-state index contributed by atoms with van der Waals surface area (Å²) >= 11 is 0. The average molecular weight is 270 g/mol. The lowest BCUT2D eigenvalue weighted by atomic mass is 9.86. The molecule has 0 aromatic carbocycles. The Labute approximate surface area is 115 Å². The maximum atomic E-state index is 12.1. The number of hydrogen-bond donors (Lipinski definition) is 2. The van der Waals surface area contributed by atoms with Gasteiger partial charge in [-0.2, -0.15) is 0 Å². The first-order valence-electron chi connectivity index (χ1n) is 7.21. The van der Waals surface area contributed by atoms with Gasteiger partial charge in [-0.25, -0.2) is 9.59 Å². The quantitative estimate of drug-likeness (QED) is 0.806. The van der Waals surface area contributed by atoms with Crippen LogP contribution in [0.4, 0.5) is 4.79 Å². The van der Waals surface area contributed by atoms with Gasteiger partial charge in [0.15, 0.2) is 0 Å². The number of hydrogen-bond acceptors (Lipinski definition) is 2. The predicted molar refractivity (Wildman–Crippen MR) is 74.0 cm³/mol. The Bertz CT molecular complexity index is 320. The summed E-state index contributed by atoms with van der Waals surface area (Å²) in [5.74, 6) is -0.319. The van der Waals surface area contributed by atoms with E-state index in [1.807, 2.05) is 6.92 Å². The number of aliphatic carboxylic acids is 1. The Balaban J connectivity index is 2.53. The van der Waals surface area contributed by atoms with Crippen LogP contribution in [0.25, 0.3) is 0 Å². The number of carboxylic acids is 1. The van der Waals surface area contributed by atoms with Crippen LogP contribution in [0.2, 0.25) is 0 Å². The Kier molecular flexibility index (Phi) is 6.12. The molecule has 5 heteroatoms. The van der Waals surface area contributed by atoms with Crippen LogP contribution in [0.1, 0.15) is 52.4 Å². The average Bonchev–Trinajstić information content (AvgIpc) is 2.37. The van der Waals surface area contributed by atoms with Crippen molar-refractivity contribution in [1.82, 2.24) is 10.2 Å². The second-order valence-electron chi connectivity index (χ2n) is 5.67. The van der Waals surface area contributed by atoms with E-state index in [9.17, 15) is 9.59 Å². The van der Waals surface area contributed by atoms with E-state index in [0.29, 0.717) is 12.3 Å². The van der Waals surface area contributed by atoms with Crippen LogP contribution in [0.15, 0.2) is 0 Å². The fourth-order valence-electron chi connectivity index (χ4n) is 2.72. The molecule has 1 saturated carbocycles. The van der Waals surface area contributed by atoms with Crippen molar-refractivity contribution in [3.05, 3.63) is 0 Å². The molecule has 2 N–H and O–H groups in total. The first-order chi connectivity index (χ1) is 8.95.